The molecule has 0 spiro atoms. The summed E-state index contributed by atoms with van der Waals surface area (Å²) in [5, 5.41) is 74.4. The van der Waals surface area contributed by atoms with Crippen LogP contribution in [0.5, 0.6) is 0 Å². The lowest BCUT2D eigenvalue weighted by molar-refractivity contribution is -0.188. The van der Waals surface area contributed by atoms with Gasteiger partial charge in [0.25, 0.3) is 0 Å². The highest BCUT2D eigenvalue weighted by atomic mass is 32.2. The molecule has 46 heavy (non-hydrogen) atoms. The molecule has 3 saturated heterocycles. The molecule has 19 heteroatoms. The van der Waals surface area contributed by atoms with E-state index in [0.717, 1.165) is 48.9 Å². The highest BCUT2D eigenvalue weighted by Crippen LogP contribution is 2.38. The molecule has 3 fully saturated rings. The average molecular weight is 680 g/mol. The van der Waals surface area contributed by atoms with Crippen molar-refractivity contribution in [2.45, 2.75) is 72.4 Å². The van der Waals surface area contributed by atoms with Crippen molar-refractivity contribution in [1.29, 1.82) is 5.53 Å². The summed E-state index contributed by atoms with van der Waals surface area (Å²) < 4.78 is 52.4. The van der Waals surface area contributed by atoms with Crippen molar-refractivity contribution in [3.63, 3.8) is 0 Å². The number of nitrogens with one attached hydrogen (secondary N) is 3. The van der Waals surface area contributed by atoms with E-state index in [1.165, 1.54) is 6.20 Å². The van der Waals surface area contributed by atoms with Crippen molar-refractivity contribution in [3.05, 3.63) is 53.2 Å². The van der Waals surface area contributed by atoms with Crippen LogP contribution in [0.15, 0.2) is 35.3 Å². The van der Waals surface area contributed by atoms with Gasteiger partial charge in [0.1, 0.15) is 53.5 Å². The van der Waals surface area contributed by atoms with E-state index < -0.39 is 90.2 Å². The van der Waals surface area contributed by atoms with Crippen LogP contribution in [0, 0.1) is 28.9 Å². The zero-order valence-electron chi connectivity index (χ0n) is 24.5. The van der Waals surface area contributed by atoms with E-state index >= 15 is 0 Å². The summed E-state index contributed by atoms with van der Waals surface area (Å²) in [5.41, 5.74) is 10.7. The molecule has 3 aliphatic heterocycles. The molecule has 0 amide bonds. The van der Waals surface area contributed by atoms with Crippen LogP contribution in [-0.4, -0.2) is 122 Å². The molecule has 10 atom stereocenters. The summed E-state index contributed by atoms with van der Waals surface area (Å²) in [4.78, 5) is 0. The Morgan fingerprint density at radius 2 is 1.57 bits per heavy atom. The molecule has 0 aliphatic carbocycles. The van der Waals surface area contributed by atoms with E-state index in [-0.39, 0.29) is 17.2 Å². The third kappa shape index (κ3) is 7.93. The minimum absolute atomic E-state index is 0.0212. The quantitative estimate of drug-likeness (QED) is 0.0542. The molecule has 0 saturated carbocycles. The third-order valence-electron chi connectivity index (χ3n) is 8.26. The second-order valence-electron chi connectivity index (χ2n) is 11.2. The average Bonchev–Trinajstić information content (AvgIpc) is 3.04. The molecule has 0 bridgehead atoms. The first-order valence-electron chi connectivity index (χ1n) is 14.5. The number of nitrogens with two attached hydrogens (primary N) is 2. The second-order valence-corrected chi connectivity index (χ2v) is 12.4. The second kappa shape index (κ2) is 16.0. The van der Waals surface area contributed by atoms with E-state index in [9.17, 15) is 43.8 Å². The van der Waals surface area contributed by atoms with Crippen molar-refractivity contribution in [1.82, 2.24) is 15.6 Å². The molecule has 1 aromatic carbocycles. The summed E-state index contributed by atoms with van der Waals surface area (Å²) in [6, 6.07) is -1.31. The van der Waals surface area contributed by atoms with Gasteiger partial charge in [0.05, 0.1) is 30.6 Å². The number of ether oxygens (including phenoxy) is 2. The minimum Gasteiger partial charge on any atom is -0.397 e. The van der Waals surface area contributed by atoms with Crippen LogP contribution in [0.2, 0.25) is 0 Å². The predicted molar refractivity (Wildman–Crippen MR) is 157 cm³/mol. The molecule has 1 aromatic rings. The summed E-state index contributed by atoms with van der Waals surface area (Å²) >= 11 is 0.720. The van der Waals surface area contributed by atoms with Crippen LogP contribution in [-0.2, 0) is 9.47 Å². The van der Waals surface area contributed by atoms with Crippen molar-refractivity contribution in [2.24, 2.45) is 22.6 Å². The van der Waals surface area contributed by atoms with E-state index in [2.05, 4.69) is 15.7 Å². The van der Waals surface area contributed by atoms with Crippen LogP contribution in [0.25, 0.3) is 5.70 Å². The maximum atomic E-state index is 13.8. The molecule has 0 aromatic heterocycles. The van der Waals surface area contributed by atoms with Gasteiger partial charge in [-0.1, -0.05) is 11.8 Å². The number of nitrogens with zero attached hydrogens (tertiary/aromatic N) is 2. The fourth-order valence-electron chi connectivity index (χ4n) is 5.65. The number of aliphatic hydroxyl groups excluding tert-OH is 6. The number of thioether (sulfide) groups is 1. The Hall–Kier alpha value is -2.56. The van der Waals surface area contributed by atoms with Gasteiger partial charge in [-0.3, -0.25) is 0 Å². The number of halogens is 3. The zero-order chi connectivity index (χ0) is 33.7. The van der Waals surface area contributed by atoms with E-state index in [1.807, 2.05) is 0 Å². The van der Waals surface area contributed by atoms with Crippen molar-refractivity contribution < 1.29 is 53.3 Å². The summed E-state index contributed by atoms with van der Waals surface area (Å²) in [6.45, 7) is 0.105. The topological polar surface area (TPSA) is 255 Å². The molecule has 4 rings (SSSR count). The van der Waals surface area contributed by atoms with E-state index in [0.29, 0.717) is 17.8 Å². The Morgan fingerprint density at radius 3 is 2.13 bits per heavy atom. The van der Waals surface area contributed by atoms with Gasteiger partial charge in [-0.05, 0) is 38.1 Å². The molecule has 3 aliphatic rings. The van der Waals surface area contributed by atoms with Crippen LogP contribution in [0.1, 0.15) is 18.4 Å². The summed E-state index contributed by atoms with van der Waals surface area (Å²) in [7, 11) is 0. The third-order valence-corrected chi connectivity index (χ3v) is 9.58. The summed E-state index contributed by atoms with van der Waals surface area (Å²) in [6.07, 6.45) is -4.86. The highest BCUT2D eigenvalue weighted by Gasteiger charge is 2.51. The monoisotopic (exact) mass is 679 g/mol. The van der Waals surface area contributed by atoms with Crippen molar-refractivity contribution >= 4 is 17.5 Å². The Balaban J connectivity index is 1.53. The van der Waals surface area contributed by atoms with Gasteiger partial charge in [0.2, 0.25) is 0 Å². The number of hydrogen-bond donors (Lipinski definition) is 11. The number of piperidine rings is 1. The molecule has 258 valence electrons. The Morgan fingerprint density at radius 1 is 1.00 bits per heavy atom. The van der Waals surface area contributed by atoms with Crippen LogP contribution in [0.4, 0.5) is 13.2 Å². The Bertz CT molecular complexity index is 1240. The maximum Gasteiger partial charge on any atom is 0.194 e. The minimum atomic E-state index is -1.70. The molecule has 15 nitrogen and oxygen atoms in total. The number of hydrazine groups is 1. The molecular formula is C27H40F3N7O8S. The molecule has 13 N–H and O–H groups in total. The lowest BCUT2D eigenvalue weighted by Gasteiger charge is -2.47. The van der Waals surface area contributed by atoms with Crippen LogP contribution >= 0.6 is 11.8 Å². The van der Waals surface area contributed by atoms with Gasteiger partial charge in [0.15, 0.2) is 17.5 Å². The van der Waals surface area contributed by atoms with Gasteiger partial charge in [-0.25, -0.2) is 24.5 Å². The SMILES string of the molecule is N=N/C(=C\NC1C(O)C(CO)OC(SC2OC(CO)C(O)[C@H](N(N)/C=C(\N)c3cc(F)c(F)c(F)c3)C2O)[C@@H]1O)C1CCNCC1. The first-order chi connectivity index (χ1) is 21.9. The Kier molecular flexibility index (Phi) is 12.6. The number of hydrogen-bond acceptors (Lipinski definition) is 16. The van der Waals surface area contributed by atoms with Crippen molar-refractivity contribution in [2.75, 3.05) is 26.3 Å². The molecular weight excluding hydrogens is 639 g/mol. The largest absolute Gasteiger partial charge is 0.397 e. The van der Waals surface area contributed by atoms with Gasteiger partial charge in [-0.15, -0.1) is 0 Å². The van der Waals surface area contributed by atoms with E-state index in [1.54, 1.807) is 0 Å². The fourth-order valence-corrected chi connectivity index (χ4v) is 6.98. The fraction of sp³-hybridized carbons (Fsp3) is 0.630. The van der Waals surface area contributed by atoms with Crippen LogP contribution < -0.4 is 22.2 Å². The summed E-state index contributed by atoms with van der Waals surface area (Å²) in [5.74, 6) is 1.37. The van der Waals surface area contributed by atoms with Gasteiger partial charge in [0, 0.05) is 23.9 Å². The highest BCUT2D eigenvalue weighted by molar-refractivity contribution is 8.00. The number of benzene rings is 1. The van der Waals surface area contributed by atoms with E-state index in [4.69, 9.17) is 26.6 Å². The lowest BCUT2D eigenvalue weighted by Crippen LogP contribution is -2.66. The smallest absolute Gasteiger partial charge is 0.194 e. The first-order valence-corrected chi connectivity index (χ1v) is 15.5. The first kappa shape index (κ1) is 36.3. The van der Waals surface area contributed by atoms with Crippen LogP contribution in [0.3, 0.4) is 0 Å². The van der Waals surface area contributed by atoms with Gasteiger partial charge < -0.3 is 61.5 Å². The number of rotatable bonds is 11. The van der Waals surface area contributed by atoms with Gasteiger partial charge in [-0.2, -0.15) is 5.11 Å². The Labute approximate surface area is 266 Å². The molecule has 3 heterocycles. The number of allylic oxidation sites excluding steroid dienone is 1. The number of aliphatic hydroxyl groups is 6. The standard InChI is InChI=1S/C27H40F3N7O8S/c28-13-5-12(6-14(29)19(13)30)15(31)8-37(33)21-23(41)18(10-39)45-27(25(21)43)46-26-24(42)20(22(40)17(9-38)44-26)35-7-16(36-32)11-1-3-34-4-2-11/h5-8,11,17-18,20-27,32,34-35,38-43H,1-4,9-10,31,33H2/b15-8-,16-7-,36-32?/t17?,18?,20?,21-,22?,23?,24+,25?,26?,27?/m0/s1. The van der Waals surface area contributed by atoms with Crippen molar-refractivity contribution in [3.8, 4) is 0 Å². The zero-order valence-corrected chi connectivity index (χ0v) is 25.3. The maximum absolute atomic E-state index is 13.8. The van der Waals surface area contributed by atoms with Gasteiger partial charge >= 0.3 is 0 Å². The normalized spacial score (nSPS) is 34.7. The predicted octanol–water partition coefficient (Wildman–Crippen LogP) is -1.65. The lowest BCUT2D eigenvalue weighted by atomic mass is 9.94. The molecule has 8 unspecified atom stereocenters. The molecule has 0 radical (unpaired) electrons.